The average molecular weight is 490 g/mol. The lowest BCUT2D eigenvalue weighted by Crippen LogP contribution is -2.27. The third-order valence-electron chi connectivity index (χ3n) is 6.12. The van der Waals surface area contributed by atoms with Crippen molar-refractivity contribution in [1.82, 2.24) is 9.97 Å². The molecule has 7 nitrogen and oxygen atoms in total. The minimum Gasteiger partial charge on any atom is -0.492 e. The predicted molar refractivity (Wildman–Crippen MR) is 128 cm³/mol. The average Bonchev–Trinajstić information content (AvgIpc) is 3.32. The lowest BCUT2D eigenvalue weighted by atomic mass is 10.0. The lowest BCUT2D eigenvalue weighted by Gasteiger charge is -2.23. The number of ether oxygens (including phenoxy) is 1. The molecule has 1 aromatic carbocycles. The molecule has 4 rings (SSSR count). The zero-order valence-corrected chi connectivity index (χ0v) is 20.2. The molecule has 1 amide bonds. The number of carbonyl (C=O) groups is 1. The van der Waals surface area contributed by atoms with Crippen molar-refractivity contribution in [3.05, 3.63) is 47.4 Å². The third kappa shape index (κ3) is 5.73. The first-order chi connectivity index (χ1) is 15.8. The van der Waals surface area contributed by atoms with Gasteiger partial charge in [-0.3, -0.25) is 9.69 Å². The van der Waals surface area contributed by atoms with Gasteiger partial charge in [-0.05, 0) is 49.5 Å². The topological polar surface area (TPSA) is 89.5 Å². The van der Waals surface area contributed by atoms with Crippen LogP contribution in [-0.4, -0.2) is 37.2 Å². The van der Waals surface area contributed by atoms with Gasteiger partial charge in [0.05, 0.1) is 34.6 Å². The number of rotatable bonds is 7. The molecule has 1 aliphatic heterocycles. The molecule has 1 saturated carbocycles. The summed E-state index contributed by atoms with van der Waals surface area (Å²) >= 11 is 6.28. The minimum absolute atomic E-state index is 0.0223. The Kier molecular flexibility index (Phi) is 7.34. The summed E-state index contributed by atoms with van der Waals surface area (Å²) in [6.45, 7) is 0.645. The van der Waals surface area contributed by atoms with Crippen molar-refractivity contribution in [1.29, 1.82) is 0 Å². The van der Waals surface area contributed by atoms with Crippen molar-refractivity contribution >= 4 is 44.6 Å². The van der Waals surface area contributed by atoms with Gasteiger partial charge in [0.2, 0.25) is 5.91 Å². The van der Waals surface area contributed by atoms with E-state index in [1.807, 2.05) is 6.08 Å². The minimum atomic E-state index is -3.48. The molecule has 2 aromatic rings. The molecule has 0 atom stereocenters. The monoisotopic (exact) mass is 489 g/mol. The number of aromatic nitrogens is 2. The number of allylic oxidation sites excluding steroid dienone is 1. The number of sulfone groups is 1. The van der Waals surface area contributed by atoms with Crippen LogP contribution < -0.4 is 4.90 Å². The molecule has 176 valence electrons. The van der Waals surface area contributed by atoms with E-state index in [1.165, 1.54) is 29.9 Å². The summed E-state index contributed by atoms with van der Waals surface area (Å²) in [4.78, 5) is 23.8. The van der Waals surface area contributed by atoms with Crippen molar-refractivity contribution in [2.24, 2.45) is 5.92 Å². The van der Waals surface area contributed by atoms with Gasteiger partial charge >= 0.3 is 0 Å². The highest BCUT2D eigenvalue weighted by atomic mass is 35.5. The Bertz CT molecular complexity index is 1140. The molecule has 9 heteroatoms. The molecule has 0 radical (unpaired) electrons. The highest BCUT2D eigenvalue weighted by Gasteiger charge is 2.24. The highest BCUT2D eigenvalue weighted by Crippen LogP contribution is 2.33. The third-order valence-corrected chi connectivity index (χ3v) is 7.70. The number of hydrogen-bond donors (Lipinski definition) is 0. The maximum atomic E-state index is 13.3. The van der Waals surface area contributed by atoms with Gasteiger partial charge in [-0.25, -0.2) is 18.4 Å². The van der Waals surface area contributed by atoms with Crippen molar-refractivity contribution in [2.45, 2.75) is 56.3 Å². The first kappa shape index (κ1) is 23.7. The van der Waals surface area contributed by atoms with Gasteiger partial charge in [-0.15, -0.1) is 0 Å². The summed E-state index contributed by atoms with van der Waals surface area (Å²) < 4.78 is 29.6. The number of amides is 1. The second-order valence-corrected chi connectivity index (χ2v) is 11.0. The number of anilines is 2. The van der Waals surface area contributed by atoms with Gasteiger partial charge in [-0.1, -0.05) is 37.3 Å². The van der Waals surface area contributed by atoms with Gasteiger partial charge in [0.15, 0.2) is 15.7 Å². The highest BCUT2D eigenvalue weighted by molar-refractivity contribution is 7.90. The van der Waals surface area contributed by atoms with Crippen LogP contribution in [0.1, 0.15) is 57.1 Å². The number of halogens is 1. The van der Waals surface area contributed by atoms with E-state index in [4.69, 9.17) is 16.3 Å². The zero-order chi connectivity index (χ0) is 23.4. The quantitative estimate of drug-likeness (QED) is 0.522. The van der Waals surface area contributed by atoms with Crippen LogP contribution in [0.5, 0.6) is 0 Å². The van der Waals surface area contributed by atoms with E-state index in [0.29, 0.717) is 41.9 Å². The van der Waals surface area contributed by atoms with E-state index in [2.05, 4.69) is 9.97 Å². The van der Waals surface area contributed by atoms with Crippen LogP contribution in [0.3, 0.4) is 0 Å². The Hall–Kier alpha value is -2.45. The number of benzene rings is 1. The molecule has 1 aromatic heterocycles. The number of carbonyl (C=O) groups excluding carboxylic acids is 1. The molecule has 2 aliphatic rings. The summed E-state index contributed by atoms with van der Waals surface area (Å²) in [5.41, 5.74) is 1.07. The summed E-state index contributed by atoms with van der Waals surface area (Å²) in [6, 6.07) is 4.50. The summed E-state index contributed by atoms with van der Waals surface area (Å²) in [5.74, 6) is 1.49. The van der Waals surface area contributed by atoms with Gasteiger partial charge in [0.25, 0.3) is 0 Å². The standard InChI is InChI=1S/C24H28ClN3O4S/c1-33(30,31)22-11-10-18(14-19(22)25)28(24(29)12-9-17-6-2-3-7-17)23-16-26-20(15-27-23)21-8-4-5-13-32-21/h8,10-11,14-17H,2-7,9,12-13H2,1H3. The van der Waals surface area contributed by atoms with Gasteiger partial charge in [0, 0.05) is 12.7 Å². The van der Waals surface area contributed by atoms with E-state index < -0.39 is 9.84 Å². The second kappa shape index (κ2) is 10.2. The molecule has 2 heterocycles. The van der Waals surface area contributed by atoms with E-state index in [0.717, 1.165) is 38.4 Å². The zero-order valence-electron chi connectivity index (χ0n) is 18.7. The Morgan fingerprint density at radius 1 is 1.18 bits per heavy atom. The molecule has 0 bridgehead atoms. The van der Waals surface area contributed by atoms with Crippen LogP contribution in [-0.2, 0) is 19.4 Å². The molecule has 0 spiro atoms. The van der Waals surface area contributed by atoms with Crippen molar-refractivity contribution in [2.75, 3.05) is 17.8 Å². The van der Waals surface area contributed by atoms with Crippen molar-refractivity contribution in [3.63, 3.8) is 0 Å². The lowest BCUT2D eigenvalue weighted by molar-refractivity contribution is -0.118. The Balaban J connectivity index is 1.64. The van der Waals surface area contributed by atoms with Crippen LogP contribution in [0.4, 0.5) is 11.5 Å². The molecule has 0 unspecified atom stereocenters. The number of nitrogens with zero attached hydrogens (tertiary/aromatic N) is 3. The van der Waals surface area contributed by atoms with Crippen molar-refractivity contribution in [3.8, 4) is 0 Å². The normalized spacial score (nSPS) is 16.8. The van der Waals surface area contributed by atoms with Gasteiger partial charge in [0.1, 0.15) is 11.5 Å². The van der Waals surface area contributed by atoms with Crippen LogP contribution in [0.2, 0.25) is 5.02 Å². The van der Waals surface area contributed by atoms with Crippen LogP contribution in [0.15, 0.2) is 41.6 Å². The van der Waals surface area contributed by atoms with Crippen LogP contribution in [0, 0.1) is 5.92 Å². The fourth-order valence-corrected chi connectivity index (χ4v) is 5.70. The van der Waals surface area contributed by atoms with E-state index in [9.17, 15) is 13.2 Å². The maximum Gasteiger partial charge on any atom is 0.232 e. The summed E-state index contributed by atoms with van der Waals surface area (Å²) in [5, 5.41) is 0.0638. The van der Waals surface area contributed by atoms with E-state index in [1.54, 1.807) is 18.5 Å². The second-order valence-electron chi connectivity index (χ2n) is 8.62. The maximum absolute atomic E-state index is 13.3. The molecular weight excluding hydrogens is 462 g/mol. The van der Waals surface area contributed by atoms with E-state index in [-0.39, 0.29) is 15.8 Å². The van der Waals surface area contributed by atoms with Crippen LogP contribution in [0.25, 0.3) is 5.76 Å². The predicted octanol–water partition coefficient (Wildman–Crippen LogP) is 5.32. The Labute approximate surface area is 199 Å². The van der Waals surface area contributed by atoms with E-state index >= 15 is 0 Å². The summed E-state index contributed by atoms with van der Waals surface area (Å²) in [6.07, 6.45) is 14.1. The fraction of sp³-hybridized carbons (Fsp3) is 0.458. The molecule has 33 heavy (non-hydrogen) atoms. The summed E-state index contributed by atoms with van der Waals surface area (Å²) in [7, 11) is -3.48. The smallest absolute Gasteiger partial charge is 0.232 e. The molecule has 1 aliphatic carbocycles. The molecule has 0 N–H and O–H groups in total. The van der Waals surface area contributed by atoms with Gasteiger partial charge < -0.3 is 4.74 Å². The first-order valence-corrected chi connectivity index (χ1v) is 13.6. The largest absolute Gasteiger partial charge is 0.492 e. The molecule has 1 fully saturated rings. The fourth-order valence-electron chi connectivity index (χ4n) is 4.37. The van der Waals surface area contributed by atoms with Gasteiger partial charge in [-0.2, -0.15) is 0 Å². The Morgan fingerprint density at radius 2 is 1.97 bits per heavy atom. The SMILES string of the molecule is CS(=O)(=O)c1ccc(N(C(=O)CCC2CCCC2)c2cnc(C3=CCCCO3)cn2)cc1Cl. The molecule has 0 saturated heterocycles. The van der Waals surface area contributed by atoms with Crippen molar-refractivity contribution < 1.29 is 17.9 Å². The molecular formula is C24H28ClN3O4S. The number of hydrogen-bond acceptors (Lipinski definition) is 6. The Morgan fingerprint density at radius 3 is 2.58 bits per heavy atom. The first-order valence-electron chi connectivity index (χ1n) is 11.3. The van der Waals surface area contributed by atoms with Crippen LogP contribution >= 0.6 is 11.6 Å².